The van der Waals surface area contributed by atoms with Gasteiger partial charge in [0.25, 0.3) is 0 Å². The smallest absolute Gasteiger partial charge is 0.0870 e. The van der Waals surface area contributed by atoms with Gasteiger partial charge in [0, 0.05) is 37.9 Å². The first-order valence-corrected chi connectivity index (χ1v) is 5.39. The standard InChI is InChI=1S/C10H18N4S/c1-8(2)14(7-10(11)15)6-9-4-12-13(3)5-9/h4-5,8H,6-7H2,1-3H3,(H2,11,15). The van der Waals surface area contributed by atoms with Crippen LogP contribution in [0, 0.1) is 0 Å². The molecule has 0 atom stereocenters. The molecule has 1 aromatic rings. The first-order valence-electron chi connectivity index (χ1n) is 4.99. The fourth-order valence-electron chi connectivity index (χ4n) is 1.41. The summed E-state index contributed by atoms with van der Waals surface area (Å²) in [4.78, 5) is 2.76. The first-order chi connectivity index (χ1) is 6.99. The highest BCUT2D eigenvalue weighted by molar-refractivity contribution is 7.80. The lowest BCUT2D eigenvalue weighted by atomic mass is 10.2. The van der Waals surface area contributed by atoms with E-state index in [0.29, 0.717) is 17.6 Å². The van der Waals surface area contributed by atoms with Crippen molar-refractivity contribution in [2.24, 2.45) is 12.8 Å². The minimum atomic E-state index is 0.423. The third-order valence-corrected chi connectivity index (χ3v) is 2.36. The maximum absolute atomic E-state index is 5.56. The van der Waals surface area contributed by atoms with Gasteiger partial charge >= 0.3 is 0 Å². The normalized spacial score (nSPS) is 11.3. The van der Waals surface area contributed by atoms with Gasteiger partial charge in [0.2, 0.25) is 0 Å². The van der Waals surface area contributed by atoms with Gasteiger partial charge in [0.1, 0.15) is 0 Å². The molecular weight excluding hydrogens is 208 g/mol. The summed E-state index contributed by atoms with van der Waals surface area (Å²) in [6, 6.07) is 0.423. The zero-order valence-electron chi connectivity index (χ0n) is 9.47. The van der Waals surface area contributed by atoms with Crippen LogP contribution in [0.15, 0.2) is 12.4 Å². The van der Waals surface area contributed by atoms with Crippen LogP contribution in [0.3, 0.4) is 0 Å². The monoisotopic (exact) mass is 226 g/mol. The summed E-state index contributed by atoms with van der Waals surface area (Å²) >= 11 is 4.93. The molecule has 0 fully saturated rings. The zero-order valence-corrected chi connectivity index (χ0v) is 10.3. The van der Waals surface area contributed by atoms with Gasteiger partial charge in [0.05, 0.1) is 11.2 Å². The predicted octanol–water partition coefficient (Wildman–Crippen LogP) is 0.917. The van der Waals surface area contributed by atoms with Crippen LogP contribution in [0.2, 0.25) is 0 Å². The van der Waals surface area contributed by atoms with Crippen LogP contribution in [0.4, 0.5) is 0 Å². The van der Waals surface area contributed by atoms with Crippen molar-refractivity contribution in [1.82, 2.24) is 14.7 Å². The Hall–Kier alpha value is -0.940. The molecule has 0 saturated carbocycles. The summed E-state index contributed by atoms with van der Waals surface area (Å²) in [6.45, 7) is 5.76. The zero-order chi connectivity index (χ0) is 11.4. The molecule has 1 rings (SSSR count). The van der Waals surface area contributed by atoms with Gasteiger partial charge in [0.15, 0.2) is 0 Å². The molecule has 0 saturated heterocycles. The van der Waals surface area contributed by atoms with Crippen LogP contribution in [-0.4, -0.2) is 32.3 Å². The van der Waals surface area contributed by atoms with E-state index < -0.39 is 0 Å². The van der Waals surface area contributed by atoms with E-state index in [1.54, 1.807) is 4.68 Å². The van der Waals surface area contributed by atoms with Crippen LogP contribution in [0.5, 0.6) is 0 Å². The minimum absolute atomic E-state index is 0.423. The fraction of sp³-hybridized carbons (Fsp3) is 0.600. The van der Waals surface area contributed by atoms with Crippen LogP contribution in [0.25, 0.3) is 0 Å². The van der Waals surface area contributed by atoms with E-state index in [9.17, 15) is 0 Å². The third-order valence-electron chi connectivity index (χ3n) is 2.23. The van der Waals surface area contributed by atoms with Crippen molar-refractivity contribution >= 4 is 17.2 Å². The molecule has 2 N–H and O–H groups in total. The minimum Gasteiger partial charge on any atom is -0.392 e. The summed E-state index contributed by atoms with van der Waals surface area (Å²) in [7, 11) is 1.91. The van der Waals surface area contributed by atoms with Crippen molar-refractivity contribution in [3.63, 3.8) is 0 Å². The molecule has 1 aromatic heterocycles. The number of nitrogens with two attached hydrogens (primary N) is 1. The van der Waals surface area contributed by atoms with Gasteiger partial charge in [-0.25, -0.2) is 0 Å². The van der Waals surface area contributed by atoms with E-state index >= 15 is 0 Å². The molecule has 0 radical (unpaired) electrons. The summed E-state index contributed by atoms with van der Waals surface area (Å²) in [6.07, 6.45) is 3.88. The van der Waals surface area contributed by atoms with Gasteiger partial charge in [-0.2, -0.15) is 5.10 Å². The Labute approximate surface area is 96.1 Å². The maximum atomic E-state index is 5.56. The third kappa shape index (κ3) is 3.97. The summed E-state index contributed by atoms with van der Waals surface area (Å²) < 4.78 is 1.80. The Balaban J connectivity index is 2.62. The Bertz CT molecular complexity index is 332. The number of aromatic nitrogens is 2. The highest BCUT2D eigenvalue weighted by Crippen LogP contribution is 2.06. The second-order valence-corrected chi connectivity index (χ2v) is 4.51. The maximum Gasteiger partial charge on any atom is 0.0870 e. The van der Waals surface area contributed by atoms with Gasteiger partial charge < -0.3 is 5.73 Å². The molecule has 84 valence electrons. The molecule has 0 aliphatic rings. The van der Waals surface area contributed by atoms with E-state index in [1.807, 2.05) is 19.4 Å². The van der Waals surface area contributed by atoms with E-state index in [-0.39, 0.29) is 0 Å². The van der Waals surface area contributed by atoms with Crippen molar-refractivity contribution < 1.29 is 0 Å². The Morgan fingerprint density at radius 3 is 2.73 bits per heavy atom. The van der Waals surface area contributed by atoms with Crippen molar-refractivity contribution in [2.45, 2.75) is 26.4 Å². The van der Waals surface area contributed by atoms with Crippen LogP contribution < -0.4 is 5.73 Å². The molecule has 0 unspecified atom stereocenters. The second kappa shape index (κ2) is 5.23. The molecule has 0 amide bonds. The molecule has 0 aliphatic carbocycles. The van der Waals surface area contributed by atoms with Gasteiger partial charge in [-0.05, 0) is 13.8 Å². The summed E-state index contributed by atoms with van der Waals surface area (Å²) in [5.74, 6) is 0. The molecule has 0 aromatic carbocycles. The fourth-order valence-corrected chi connectivity index (χ4v) is 1.58. The van der Waals surface area contributed by atoms with E-state index in [1.165, 1.54) is 5.56 Å². The number of thiocarbonyl (C=S) groups is 1. The van der Waals surface area contributed by atoms with Crippen molar-refractivity contribution in [3.05, 3.63) is 18.0 Å². The van der Waals surface area contributed by atoms with Crippen molar-refractivity contribution in [2.75, 3.05) is 6.54 Å². The summed E-state index contributed by atoms with van der Waals surface area (Å²) in [5, 5.41) is 4.13. The highest BCUT2D eigenvalue weighted by Gasteiger charge is 2.11. The highest BCUT2D eigenvalue weighted by atomic mass is 32.1. The molecule has 0 aliphatic heterocycles. The topological polar surface area (TPSA) is 47.1 Å². The molecular formula is C10H18N4S. The lowest BCUT2D eigenvalue weighted by Crippen LogP contribution is -2.37. The average Bonchev–Trinajstić information content (AvgIpc) is 2.49. The lowest BCUT2D eigenvalue weighted by molar-refractivity contribution is 0.245. The molecule has 0 spiro atoms. The number of hydrogen-bond donors (Lipinski definition) is 1. The Morgan fingerprint density at radius 1 is 1.67 bits per heavy atom. The molecule has 0 bridgehead atoms. The van der Waals surface area contributed by atoms with E-state index in [2.05, 4.69) is 23.8 Å². The SMILES string of the molecule is CC(C)N(CC(N)=S)Cc1cnn(C)c1. The van der Waals surface area contributed by atoms with Gasteiger partial charge in [-0.1, -0.05) is 12.2 Å². The number of rotatable bonds is 5. The predicted molar refractivity (Wildman–Crippen MR) is 65.5 cm³/mol. The Morgan fingerprint density at radius 2 is 2.33 bits per heavy atom. The van der Waals surface area contributed by atoms with Crippen LogP contribution >= 0.6 is 12.2 Å². The molecule has 1 heterocycles. The summed E-state index contributed by atoms with van der Waals surface area (Å²) in [5.41, 5.74) is 6.74. The molecule has 4 nitrogen and oxygen atoms in total. The number of hydrogen-bond acceptors (Lipinski definition) is 3. The van der Waals surface area contributed by atoms with Gasteiger partial charge in [-0.15, -0.1) is 0 Å². The van der Waals surface area contributed by atoms with Crippen molar-refractivity contribution in [3.8, 4) is 0 Å². The second-order valence-electron chi connectivity index (χ2n) is 3.99. The van der Waals surface area contributed by atoms with Crippen molar-refractivity contribution in [1.29, 1.82) is 0 Å². The molecule has 15 heavy (non-hydrogen) atoms. The largest absolute Gasteiger partial charge is 0.392 e. The first kappa shape index (κ1) is 12.1. The van der Waals surface area contributed by atoms with Crippen LogP contribution in [-0.2, 0) is 13.6 Å². The molecule has 5 heteroatoms. The quantitative estimate of drug-likeness (QED) is 0.758. The number of nitrogens with zero attached hydrogens (tertiary/aromatic N) is 3. The van der Waals surface area contributed by atoms with E-state index in [0.717, 1.165) is 6.54 Å². The van der Waals surface area contributed by atoms with E-state index in [4.69, 9.17) is 18.0 Å². The van der Waals surface area contributed by atoms with Gasteiger partial charge in [-0.3, -0.25) is 9.58 Å². The lowest BCUT2D eigenvalue weighted by Gasteiger charge is -2.25. The number of aryl methyl sites for hydroxylation is 1. The van der Waals surface area contributed by atoms with Crippen LogP contribution in [0.1, 0.15) is 19.4 Å². The Kier molecular flexibility index (Phi) is 4.23. The average molecular weight is 226 g/mol.